The van der Waals surface area contributed by atoms with Crippen LogP contribution in [0.3, 0.4) is 0 Å². The molecule has 0 fully saturated rings. The fraction of sp³-hybridized carbons (Fsp3) is 0.909. The third-order valence-corrected chi connectivity index (χ3v) is 2.71. The van der Waals surface area contributed by atoms with E-state index in [0.29, 0.717) is 12.3 Å². The molecule has 14 heavy (non-hydrogen) atoms. The monoisotopic (exact) mass is 200 g/mol. The molecule has 84 valence electrons. The maximum absolute atomic E-state index is 11.4. The Morgan fingerprint density at radius 3 is 2.21 bits per heavy atom. The average molecular weight is 200 g/mol. The van der Waals surface area contributed by atoms with Gasteiger partial charge >= 0.3 is 0 Å². The summed E-state index contributed by atoms with van der Waals surface area (Å²) in [5.74, 6) is 0.697. The molecule has 0 bridgehead atoms. The molecule has 0 saturated carbocycles. The number of rotatable bonds is 7. The van der Waals surface area contributed by atoms with E-state index >= 15 is 0 Å². The van der Waals surface area contributed by atoms with E-state index in [1.165, 1.54) is 0 Å². The van der Waals surface area contributed by atoms with Crippen LogP contribution in [0.5, 0.6) is 0 Å². The smallest absolute Gasteiger partial charge is 0.221 e. The van der Waals surface area contributed by atoms with E-state index in [1.54, 1.807) is 0 Å². The Morgan fingerprint density at radius 1 is 1.21 bits per heavy atom. The highest BCUT2D eigenvalue weighted by Crippen LogP contribution is 2.05. The van der Waals surface area contributed by atoms with E-state index < -0.39 is 0 Å². The lowest BCUT2D eigenvalue weighted by Gasteiger charge is -2.14. The maximum Gasteiger partial charge on any atom is 0.221 e. The predicted octanol–water partition coefficient (Wildman–Crippen LogP) is 1.67. The molecule has 1 amide bonds. The summed E-state index contributed by atoms with van der Waals surface area (Å²) < 4.78 is 0. The average Bonchev–Trinajstić information content (AvgIpc) is 2.19. The molecule has 3 N–H and O–H groups in total. The maximum atomic E-state index is 11.4. The highest BCUT2D eigenvalue weighted by molar-refractivity contribution is 5.76. The van der Waals surface area contributed by atoms with Crippen LogP contribution in [0.15, 0.2) is 0 Å². The highest BCUT2D eigenvalue weighted by atomic mass is 16.1. The molecule has 0 aromatic rings. The Bertz CT molecular complexity index is 155. The topological polar surface area (TPSA) is 55.1 Å². The van der Waals surface area contributed by atoms with E-state index in [0.717, 1.165) is 25.8 Å². The molecule has 0 aliphatic heterocycles. The molecule has 0 rings (SSSR count). The molecule has 0 aromatic heterocycles. The lowest BCUT2D eigenvalue weighted by atomic mass is 10.0. The second-order valence-electron chi connectivity index (χ2n) is 3.86. The Labute approximate surface area is 87.4 Å². The Balaban J connectivity index is 3.62. The quantitative estimate of drug-likeness (QED) is 0.657. The third kappa shape index (κ3) is 5.97. The van der Waals surface area contributed by atoms with E-state index in [-0.39, 0.29) is 11.9 Å². The molecule has 3 heteroatoms. The molecule has 0 radical (unpaired) electrons. The van der Waals surface area contributed by atoms with Gasteiger partial charge in [0.2, 0.25) is 5.91 Å². The largest absolute Gasteiger partial charge is 0.356 e. The Morgan fingerprint density at radius 2 is 1.79 bits per heavy atom. The molecule has 0 aromatic carbocycles. The van der Waals surface area contributed by atoms with Crippen molar-refractivity contribution in [1.29, 1.82) is 0 Å². The molecule has 0 aliphatic rings. The summed E-state index contributed by atoms with van der Waals surface area (Å²) in [6, 6.07) is 0.0108. The first-order valence-corrected chi connectivity index (χ1v) is 5.66. The van der Waals surface area contributed by atoms with Gasteiger partial charge in [-0.25, -0.2) is 0 Å². The summed E-state index contributed by atoms with van der Waals surface area (Å²) in [7, 11) is 0. The number of carbonyl (C=O) groups is 1. The minimum atomic E-state index is 0.0108. The summed E-state index contributed by atoms with van der Waals surface area (Å²) in [5.41, 5.74) is 5.68. The van der Waals surface area contributed by atoms with Crippen molar-refractivity contribution in [3.05, 3.63) is 0 Å². The van der Waals surface area contributed by atoms with Gasteiger partial charge in [0, 0.05) is 19.0 Å². The Kier molecular flexibility index (Phi) is 7.48. The van der Waals surface area contributed by atoms with Crippen LogP contribution in [0.1, 0.15) is 46.5 Å². The van der Waals surface area contributed by atoms with Crippen LogP contribution in [0.4, 0.5) is 0 Å². The van der Waals surface area contributed by atoms with Crippen molar-refractivity contribution < 1.29 is 4.79 Å². The molecular weight excluding hydrogens is 176 g/mol. The summed E-state index contributed by atoms with van der Waals surface area (Å²) in [5, 5.41) is 2.93. The van der Waals surface area contributed by atoms with Crippen LogP contribution in [-0.4, -0.2) is 18.5 Å². The number of nitrogens with two attached hydrogens (primary N) is 1. The summed E-state index contributed by atoms with van der Waals surface area (Å²) in [6.07, 6.45) is 3.56. The zero-order valence-corrected chi connectivity index (χ0v) is 9.68. The Hall–Kier alpha value is -0.570. The van der Waals surface area contributed by atoms with Gasteiger partial charge in [-0.3, -0.25) is 4.79 Å². The van der Waals surface area contributed by atoms with Gasteiger partial charge in [0.25, 0.3) is 0 Å². The molecule has 0 heterocycles. The lowest BCUT2D eigenvalue weighted by molar-refractivity contribution is -0.121. The van der Waals surface area contributed by atoms with Gasteiger partial charge in [-0.2, -0.15) is 0 Å². The molecule has 1 atom stereocenters. The van der Waals surface area contributed by atoms with Gasteiger partial charge in [0.1, 0.15) is 0 Å². The van der Waals surface area contributed by atoms with Gasteiger partial charge in [-0.15, -0.1) is 0 Å². The number of amides is 1. The second kappa shape index (κ2) is 7.80. The van der Waals surface area contributed by atoms with Gasteiger partial charge in [0.05, 0.1) is 0 Å². The SMILES string of the molecule is CCC(N)CC(=O)NCC(CC)CC. The van der Waals surface area contributed by atoms with Crippen molar-refractivity contribution in [2.24, 2.45) is 11.7 Å². The molecule has 0 saturated heterocycles. The summed E-state index contributed by atoms with van der Waals surface area (Å²) >= 11 is 0. The van der Waals surface area contributed by atoms with Crippen molar-refractivity contribution in [1.82, 2.24) is 5.32 Å². The third-order valence-electron chi connectivity index (χ3n) is 2.71. The van der Waals surface area contributed by atoms with Gasteiger partial charge < -0.3 is 11.1 Å². The normalized spacial score (nSPS) is 12.9. The summed E-state index contributed by atoms with van der Waals surface area (Å²) in [6.45, 7) is 7.09. The van der Waals surface area contributed by atoms with Crippen LogP contribution < -0.4 is 11.1 Å². The first kappa shape index (κ1) is 13.4. The first-order chi connectivity index (χ1) is 6.63. The van der Waals surface area contributed by atoms with Crippen LogP contribution in [0, 0.1) is 5.92 Å². The van der Waals surface area contributed by atoms with Crippen molar-refractivity contribution in [3.8, 4) is 0 Å². The minimum Gasteiger partial charge on any atom is -0.356 e. The standard InChI is InChI=1S/C11H24N2O/c1-4-9(5-2)8-13-11(14)7-10(12)6-3/h9-10H,4-8,12H2,1-3H3,(H,13,14). The van der Waals surface area contributed by atoms with Crippen LogP contribution >= 0.6 is 0 Å². The van der Waals surface area contributed by atoms with Gasteiger partial charge in [0.15, 0.2) is 0 Å². The van der Waals surface area contributed by atoms with E-state index in [1.807, 2.05) is 6.92 Å². The van der Waals surface area contributed by atoms with Crippen LogP contribution in [0.25, 0.3) is 0 Å². The van der Waals surface area contributed by atoms with Crippen LogP contribution in [0.2, 0.25) is 0 Å². The molecule has 1 unspecified atom stereocenters. The van der Waals surface area contributed by atoms with Crippen molar-refractivity contribution >= 4 is 5.91 Å². The number of nitrogens with one attached hydrogen (secondary N) is 1. The van der Waals surface area contributed by atoms with Crippen LogP contribution in [-0.2, 0) is 4.79 Å². The minimum absolute atomic E-state index is 0.0108. The molecular formula is C11H24N2O. The fourth-order valence-electron chi connectivity index (χ4n) is 1.29. The van der Waals surface area contributed by atoms with E-state index in [2.05, 4.69) is 19.2 Å². The summed E-state index contributed by atoms with van der Waals surface area (Å²) in [4.78, 5) is 11.4. The fourth-order valence-corrected chi connectivity index (χ4v) is 1.29. The van der Waals surface area contributed by atoms with Crippen molar-refractivity contribution in [2.45, 2.75) is 52.5 Å². The first-order valence-electron chi connectivity index (χ1n) is 5.66. The second-order valence-corrected chi connectivity index (χ2v) is 3.86. The zero-order chi connectivity index (χ0) is 11.0. The number of carbonyl (C=O) groups excluding carboxylic acids is 1. The van der Waals surface area contributed by atoms with E-state index in [9.17, 15) is 4.79 Å². The lowest BCUT2D eigenvalue weighted by Crippen LogP contribution is -2.34. The molecule has 3 nitrogen and oxygen atoms in total. The van der Waals surface area contributed by atoms with Gasteiger partial charge in [-0.1, -0.05) is 33.6 Å². The number of hydrogen-bond donors (Lipinski definition) is 2. The molecule has 0 spiro atoms. The van der Waals surface area contributed by atoms with Gasteiger partial charge in [-0.05, 0) is 12.3 Å². The van der Waals surface area contributed by atoms with E-state index in [4.69, 9.17) is 5.73 Å². The van der Waals surface area contributed by atoms with Crippen molar-refractivity contribution in [3.63, 3.8) is 0 Å². The number of hydrogen-bond acceptors (Lipinski definition) is 2. The van der Waals surface area contributed by atoms with Crippen molar-refractivity contribution in [2.75, 3.05) is 6.54 Å². The predicted molar refractivity (Wildman–Crippen MR) is 60.0 cm³/mol. The zero-order valence-electron chi connectivity index (χ0n) is 9.68. The molecule has 0 aliphatic carbocycles. The highest BCUT2D eigenvalue weighted by Gasteiger charge is 2.09.